The highest BCUT2D eigenvalue weighted by molar-refractivity contribution is 7.90. The van der Waals surface area contributed by atoms with Crippen molar-refractivity contribution in [1.82, 2.24) is 9.21 Å². The lowest BCUT2D eigenvalue weighted by atomic mass is 10.3. The van der Waals surface area contributed by atoms with E-state index in [4.69, 9.17) is 5.73 Å². The summed E-state index contributed by atoms with van der Waals surface area (Å²) in [5, 5.41) is 0. The largest absolute Gasteiger partial charge is 0.330 e. The van der Waals surface area contributed by atoms with Crippen LogP contribution in [0.1, 0.15) is 33.6 Å². The molecule has 108 valence electrons. The van der Waals surface area contributed by atoms with Crippen LogP contribution in [0.4, 0.5) is 0 Å². The summed E-state index contributed by atoms with van der Waals surface area (Å²) in [6.45, 7) is 9.98. The van der Waals surface area contributed by atoms with E-state index in [9.17, 15) is 8.42 Å². The third-order valence-electron chi connectivity index (χ3n) is 3.34. The van der Waals surface area contributed by atoms with Crippen LogP contribution in [0.25, 0.3) is 0 Å². The van der Waals surface area contributed by atoms with Gasteiger partial charge in [-0.05, 0) is 53.2 Å². The summed E-state index contributed by atoms with van der Waals surface area (Å²) < 4.78 is 25.7. The van der Waals surface area contributed by atoms with Crippen LogP contribution in [0.2, 0.25) is 0 Å². The molecular formula is C12H27N3O2S. The van der Waals surface area contributed by atoms with Crippen molar-refractivity contribution < 1.29 is 8.42 Å². The molecule has 0 aromatic heterocycles. The molecule has 2 N–H and O–H groups in total. The van der Waals surface area contributed by atoms with Crippen LogP contribution in [-0.4, -0.2) is 61.6 Å². The van der Waals surface area contributed by atoms with E-state index in [-0.39, 0.29) is 0 Å². The predicted octanol–water partition coefficient (Wildman–Crippen LogP) is 0.471. The molecule has 1 aliphatic heterocycles. The Morgan fingerprint density at radius 2 is 1.78 bits per heavy atom. The molecule has 18 heavy (non-hydrogen) atoms. The molecule has 1 saturated heterocycles. The van der Waals surface area contributed by atoms with Gasteiger partial charge >= 0.3 is 0 Å². The van der Waals surface area contributed by atoms with Crippen molar-refractivity contribution in [3.05, 3.63) is 0 Å². The Hall–Kier alpha value is -0.170. The molecule has 0 aromatic rings. The minimum atomic E-state index is -3.18. The van der Waals surface area contributed by atoms with Crippen molar-refractivity contribution in [3.63, 3.8) is 0 Å². The number of rotatable bonds is 4. The van der Waals surface area contributed by atoms with Gasteiger partial charge in [-0.3, -0.25) is 0 Å². The maximum absolute atomic E-state index is 12.4. The van der Waals surface area contributed by atoms with Gasteiger partial charge < -0.3 is 10.6 Å². The molecule has 1 heterocycles. The fourth-order valence-corrected chi connectivity index (χ4v) is 3.58. The highest BCUT2D eigenvalue weighted by Crippen LogP contribution is 2.21. The van der Waals surface area contributed by atoms with Crippen molar-refractivity contribution in [2.45, 2.75) is 38.4 Å². The van der Waals surface area contributed by atoms with Crippen LogP contribution in [0.15, 0.2) is 0 Å². The molecule has 0 radical (unpaired) electrons. The Balaban J connectivity index is 2.62. The van der Waals surface area contributed by atoms with E-state index >= 15 is 0 Å². The van der Waals surface area contributed by atoms with Gasteiger partial charge in [0.15, 0.2) is 0 Å². The van der Waals surface area contributed by atoms with Crippen LogP contribution in [0.5, 0.6) is 0 Å². The zero-order valence-electron chi connectivity index (χ0n) is 11.9. The first kappa shape index (κ1) is 15.9. The predicted molar refractivity (Wildman–Crippen MR) is 75.0 cm³/mol. The first-order chi connectivity index (χ1) is 8.29. The van der Waals surface area contributed by atoms with Gasteiger partial charge in [0.05, 0.1) is 4.75 Å². The van der Waals surface area contributed by atoms with Gasteiger partial charge in [-0.15, -0.1) is 0 Å². The highest BCUT2D eigenvalue weighted by atomic mass is 32.2. The van der Waals surface area contributed by atoms with Gasteiger partial charge in [0.2, 0.25) is 10.0 Å². The SMILES string of the molecule is CC(C)(C)S(=O)(=O)N1CCCN(CCCN)CC1. The monoisotopic (exact) mass is 277 g/mol. The molecule has 0 spiro atoms. The van der Waals surface area contributed by atoms with Crippen LogP contribution in [-0.2, 0) is 10.0 Å². The number of nitrogens with zero attached hydrogens (tertiary/aromatic N) is 2. The molecule has 5 nitrogen and oxygen atoms in total. The number of nitrogens with two attached hydrogens (primary N) is 1. The van der Waals surface area contributed by atoms with E-state index in [1.165, 1.54) is 0 Å². The van der Waals surface area contributed by atoms with Crippen molar-refractivity contribution >= 4 is 10.0 Å². The smallest absolute Gasteiger partial charge is 0.219 e. The van der Waals surface area contributed by atoms with Gasteiger partial charge in [-0.2, -0.15) is 0 Å². The quantitative estimate of drug-likeness (QED) is 0.811. The molecule has 0 atom stereocenters. The molecule has 0 aliphatic carbocycles. The average molecular weight is 277 g/mol. The second-order valence-corrected chi connectivity index (χ2v) is 8.55. The van der Waals surface area contributed by atoms with Crippen molar-refractivity contribution in [2.75, 3.05) is 39.3 Å². The Kier molecular flexibility index (Phi) is 5.58. The summed E-state index contributed by atoms with van der Waals surface area (Å²) in [5.41, 5.74) is 5.51. The summed E-state index contributed by atoms with van der Waals surface area (Å²) in [6, 6.07) is 0. The minimum Gasteiger partial charge on any atom is -0.330 e. The molecule has 0 bridgehead atoms. The molecule has 0 aromatic carbocycles. The van der Waals surface area contributed by atoms with Gasteiger partial charge in [-0.25, -0.2) is 12.7 Å². The van der Waals surface area contributed by atoms with E-state index in [2.05, 4.69) is 4.90 Å². The first-order valence-corrected chi connectivity index (χ1v) is 8.15. The van der Waals surface area contributed by atoms with Gasteiger partial charge in [0.1, 0.15) is 0 Å². The molecule has 6 heteroatoms. The highest BCUT2D eigenvalue weighted by Gasteiger charge is 2.35. The zero-order chi connectivity index (χ0) is 13.8. The lowest BCUT2D eigenvalue weighted by Gasteiger charge is -2.29. The summed E-state index contributed by atoms with van der Waals surface area (Å²) in [6.07, 6.45) is 1.88. The van der Waals surface area contributed by atoms with E-state index < -0.39 is 14.8 Å². The number of sulfonamides is 1. The second kappa shape index (κ2) is 6.32. The molecule has 1 rings (SSSR count). The zero-order valence-corrected chi connectivity index (χ0v) is 12.7. The first-order valence-electron chi connectivity index (χ1n) is 6.71. The van der Waals surface area contributed by atoms with Crippen LogP contribution in [0.3, 0.4) is 0 Å². The molecule has 0 saturated carbocycles. The fraction of sp³-hybridized carbons (Fsp3) is 1.00. The molecular weight excluding hydrogens is 250 g/mol. The van der Waals surface area contributed by atoms with Crippen LogP contribution in [0, 0.1) is 0 Å². The Labute approximate surface area is 111 Å². The van der Waals surface area contributed by atoms with E-state index in [0.717, 1.165) is 32.5 Å². The van der Waals surface area contributed by atoms with E-state index in [0.29, 0.717) is 19.6 Å². The Bertz CT molecular complexity index is 349. The number of hydrogen-bond donors (Lipinski definition) is 1. The minimum absolute atomic E-state index is 0.601. The van der Waals surface area contributed by atoms with E-state index in [1.807, 2.05) is 0 Å². The van der Waals surface area contributed by atoms with Crippen LogP contribution >= 0.6 is 0 Å². The average Bonchev–Trinajstić information content (AvgIpc) is 2.50. The van der Waals surface area contributed by atoms with Gasteiger partial charge in [0, 0.05) is 19.6 Å². The number of hydrogen-bond acceptors (Lipinski definition) is 4. The lowest BCUT2D eigenvalue weighted by molar-refractivity contribution is 0.284. The summed E-state index contributed by atoms with van der Waals surface area (Å²) in [7, 11) is -3.18. The molecule has 0 unspecified atom stereocenters. The lowest BCUT2D eigenvalue weighted by Crippen LogP contribution is -2.44. The van der Waals surface area contributed by atoms with Crippen LogP contribution < -0.4 is 5.73 Å². The van der Waals surface area contributed by atoms with Crippen molar-refractivity contribution in [2.24, 2.45) is 5.73 Å². The summed E-state index contributed by atoms with van der Waals surface area (Å²) in [4.78, 5) is 2.31. The maximum atomic E-state index is 12.4. The van der Waals surface area contributed by atoms with Gasteiger partial charge in [-0.1, -0.05) is 0 Å². The second-order valence-electron chi connectivity index (χ2n) is 5.85. The molecule has 1 fully saturated rings. The standard InChI is InChI=1S/C12H27N3O2S/c1-12(2,3)18(16,17)15-9-5-8-14(10-11-15)7-4-6-13/h4-11,13H2,1-3H3. The summed E-state index contributed by atoms with van der Waals surface area (Å²) in [5.74, 6) is 0. The van der Waals surface area contributed by atoms with Gasteiger partial charge in [0.25, 0.3) is 0 Å². The fourth-order valence-electron chi connectivity index (χ4n) is 2.11. The normalized spacial score (nSPS) is 20.9. The Morgan fingerprint density at radius 1 is 1.11 bits per heavy atom. The third kappa shape index (κ3) is 3.91. The molecule has 0 amide bonds. The topological polar surface area (TPSA) is 66.6 Å². The Morgan fingerprint density at radius 3 is 2.33 bits per heavy atom. The summed E-state index contributed by atoms with van der Waals surface area (Å²) >= 11 is 0. The van der Waals surface area contributed by atoms with Crippen molar-refractivity contribution in [1.29, 1.82) is 0 Å². The molecule has 1 aliphatic rings. The van der Waals surface area contributed by atoms with E-state index in [1.54, 1.807) is 25.1 Å². The van der Waals surface area contributed by atoms with Crippen molar-refractivity contribution in [3.8, 4) is 0 Å². The third-order valence-corrected chi connectivity index (χ3v) is 5.93. The maximum Gasteiger partial charge on any atom is 0.219 e.